The number of benzene rings is 1. The highest BCUT2D eigenvalue weighted by molar-refractivity contribution is 5.92. The van der Waals surface area contributed by atoms with Crippen LogP contribution in [0.5, 0.6) is 0 Å². The molecule has 1 amide bonds. The fourth-order valence-corrected chi connectivity index (χ4v) is 3.11. The molecule has 0 atom stereocenters. The lowest BCUT2D eigenvalue weighted by Gasteiger charge is -2.34. The van der Waals surface area contributed by atoms with Gasteiger partial charge in [-0.1, -0.05) is 24.3 Å². The van der Waals surface area contributed by atoms with Crippen LogP contribution in [0.25, 0.3) is 0 Å². The topological polar surface area (TPSA) is 48.5 Å². The van der Waals surface area contributed by atoms with Crippen molar-refractivity contribution in [2.45, 2.75) is 20.4 Å². The minimum absolute atomic E-state index is 0.0586. The van der Waals surface area contributed by atoms with Crippen LogP contribution in [0.4, 0.5) is 5.69 Å². The number of aryl methyl sites for hydroxylation is 2. The Balaban J connectivity index is 1.45. The average Bonchev–Trinajstić information content (AvgIpc) is 2.61. The quantitative estimate of drug-likeness (QED) is 0.910. The van der Waals surface area contributed by atoms with E-state index in [1.165, 1.54) is 5.56 Å². The van der Waals surface area contributed by atoms with Crippen LogP contribution >= 0.6 is 0 Å². The van der Waals surface area contributed by atoms with Crippen molar-refractivity contribution in [2.24, 2.45) is 0 Å². The highest BCUT2D eigenvalue weighted by Crippen LogP contribution is 2.14. The molecule has 1 fully saturated rings. The molecule has 5 nitrogen and oxygen atoms in total. The molecule has 0 bridgehead atoms. The molecule has 0 unspecified atom stereocenters. The zero-order chi connectivity index (χ0) is 17.6. The van der Waals surface area contributed by atoms with E-state index in [1.807, 2.05) is 43.5 Å². The van der Waals surface area contributed by atoms with Crippen LogP contribution in [0.1, 0.15) is 16.8 Å². The van der Waals surface area contributed by atoms with Gasteiger partial charge < -0.3 is 5.32 Å². The van der Waals surface area contributed by atoms with E-state index in [1.54, 1.807) is 0 Å². The Bertz CT molecular complexity index is 723. The van der Waals surface area contributed by atoms with Crippen LogP contribution in [0.15, 0.2) is 42.6 Å². The summed E-state index contributed by atoms with van der Waals surface area (Å²) in [4.78, 5) is 21.4. The number of aromatic nitrogens is 1. The third-order valence-corrected chi connectivity index (χ3v) is 4.74. The van der Waals surface area contributed by atoms with E-state index >= 15 is 0 Å². The molecule has 0 saturated carbocycles. The smallest absolute Gasteiger partial charge is 0.238 e. The third kappa shape index (κ3) is 4.87. The van der Waals surface area contributed by atoms with Crippen molar-refractivity contribution in [3.05, 3.63) is 59.4 Å². The molecule has 1 N–H and O–H groups in total. The fourth-order valence-electron chi connectivity index (χ4n) is 3.11. The molecule has 1 saturated heterocycles. The van der Waals surface area contributed by atoms with Crippen LogP contribution < -0.4 is 5.32 Å². The number of carbonyl (C=O) groups excluding carboxylic acids is 1. The van der Waals surface area contributed by atoms with E-state index in [4.69, 9.17) is 0 Å². The Hall–Kier alpha value is -2.24. The van der Waals surface area contributed by atoms with E-state index in [9.17, 15) is 4.79 Å². The van der Waals surface area contributed by atoms with Crippen LogP contribution in [-0.2, 0) is 11.3 Å². The fraction of sp³-hybridized carbons (Fsp3) is 0.400. The van der Waals surface area contributed by atoms with Gasteiger partial charge in [-0.3, -0.25) is 19.6 Å². The first-order valence-electron chi connectivity index (χ1n) is 8.82. The second-order valence-corrected chi connectivity index (χ2v) is 6.68. The van der Waals surface area contributed by atoms with Crippen LogP contribution in [0.2, 0.25) is 0 Å². The first-order valence-corrected chi connectivity index (χ1v) is 8.82. The van der Waals surface area contributed by atoms with Crippen molar-refractivity contribution in [3.8, 4) is 0 Å². The highest BCUT2D eigenvalue weighted by Gasteiger charge is 2.20. The van der Waals surface area contributed by atoms with E-state index in [0.717, 1.165) is 49.7 Å². The number of piperazine rings is 1. The van der Waals surface area contributed by atoms with Gasteiger partial charge in [-0.05, 0) is 37.1 Å². The molecule has 1 aromatic heterocycles. The minimum atomic E-state index is 0.0586. The van der Waals surface area contributed by atoms with Crippen LogP contribution in [0, 0.1) is 13.8 Å². The largest absolute Gasteiger partial charge is 0.325 e. The van der Waals surface area contributed by atoms with Gasteiger partial charge in [0.2, 0.25) is 5.91 Å². The number of hydrogen-bond donors (Lipinski definition) is 1. The first-order chi connectivity index (χ1) is 12.1. The molecule has 1 aliphatic rings. The van der Waals surface area contributed by atoms with Gasteiger partial charge in [0.15, 0.2) is 0 Å². The molecule has 2 aromatic rings. The summed E-state index contributed by atoms with van der Waals surface area (Å²) >= 11 is 0. The van der Waals surface area contributed by atoms with Crippen molar-refractivity contribution in [1.29, 1.82) is 0 Å². The molecule has 132 valence electrons. The molecule has 0 aliphatic carbocycles. The third-order valence-electron chi connectivity index (χ3n) is 4.74. The van der Waals surface area contributed by atoms with Crippen molar-refractivity contribution < 1.29 is 4.79 Å². The van der Waals surface area contributed by atoms with Crippen molar-refractivity contribution in [2.75, 3.05) is 38.0 Å². The normalized spacial score (nSPS) is 15.9. The van der Waals surface area contributed by atoms with Gasteiger partial charge in [0.05, 0.1) is 12.2 Å². The first kappa shape index (κ1) is 17.6. The van der Waals surface area contributed by atoms with Crippen molar-refractivity contribution >= 4 is 11.6 Å². The lowest BCUT2D eigenvalue weighted by atomic mass is 10.2. The summed E-state index contributed by atoms with van der Waals surface area (Å²) in [6.07, 6.45) is 1.86. The number of para-hydroxylation sites is 1. The second-order valence-electron chi connectivity index (χ2n) is 6.68. The van der Waals surface area contributed by atoms with E-state index in [0.29, 0.717) is 6.54 Å². The predicted molar refractivity (Wildman–Crippen MR) is 100 cm³/mol. The van der Waals surface area contributed by atoms with Gasteiger partial charge in [0, 0.05) is 44.6 Å². The van der Waals surface area contributed by atoms with E-state index in [-0.39, 0.29) is 5.91 Å². The molecule has 1 aromatic carbocycles. The summed E-state index contributed by atoms with van der Waals surface area (Å²) in [5.41, 5.74) is 4.37. The predicted octanol–water partition coefficient (Wildman–Crippen LogP) is 2.45. The maximum absolute atomic E-state index is 12.3. The Morgan fingerprint density at radius 3 is 2.40 bits per heavy atom. The lowest BCUT2D eigenvalue weighted by Crippen LogP contribution is -2.48. The summed E-state index contributed by atoms with van der Waals surface area (Å²) in [6, 6.07) is 12.0. The number of nitrogens with one attached hydrogen (secondary N) is 1. The number of pyridine rings is 1. The molecule has 5 heteroatoms. The average molecular weight is 338 g/mol. The molecule has 2 heterocycles. The lowest BCUT2D eigenvalue weighted by molar-refractivity contribution is -0.117. The molecular formula is C20H26N4O. The molecule has 0 spiro atoms. The Morgan fingerprint density at radius 2 is 1.68 bits per heavy atom. The summed E-state index contributed by atoms with van der Waals surface area (Å²) < 4.78 is 0. The number of nitrogens with zero attached hydrogens (tertiary/aromatic N) is 3. The Kier molecular flexibility index (Phi) is 5.79. The van der Waals surface area contributed by atoms with Crippen LogP contribution in [-0.4, -0.2) is 53.4 Å². The van der Waals surface area contributed by atoms with Crippen molar-refractivity contribution in [3.63, 3.8) is 0 Å². The highest BCUT2D eigenvalue weighted by atomic mass is 16.2. The van der Waals surface area contributed by atoms with Gasteiger partial charge in [-0.25, -0.2) is 0 Å². The Morgan fingerprint density at radius 1 is 1.00 bits per heavy atom. The molecular weight excluding hydrogens is 312 g/mol. The SMILES string of the molecule is Cc1ccccc1NC(=O)CN1CCN(Cc2ncccc2C)CC1. The van der Waals surface area contributed by atoms with Gasteiger partial charge in [-0.15, -0.1) is 0 Å². The number of anilines is 1. The zero-order valence-electron chi connectivity index (χ0n) is 15.0. The maximum Gasteiger partial charge on any atom is 0.238 e. The summed E-state index contributed by atoms with van der Waals surface area (Å²) in [6.45, 7) is 9.20. The van der Waals surface area contributed by atoms with Crippen LogP contribution in [0.3, 0.4) is 0 Å². The standard InChI is InChI=1S/C20H26N4O/c1-16-6-3-4-8-18(16)22-20(25)15-24-12-10-23(11-13-24)14-19-17(2)7-5-9-21-19/h3-9H,10-15H2,1-2H3,(H,22,25). The number of hydrogen-bond acceptors (Lipinski definition) is 4. The zero-order valence-corrected chi connectivity index (χ0v) is 15.0. The molecule has 1 aliphatic heterocycles. The Labute approximate surface area is 149 Å². The number of amides is 1. The molecule has 3 rings (SSSR count). The maximum atomic E-state index is 12.3. The number of rotatable bonds is 5. The molecule has 25 heavy (non-hydrogen) atoms. The van der Waals surface area contributed by atoms with Gasteiger partial charge in [-0.2, -0.15) is 0 Å². The summed E-state index contributed by atoms with van der Waals surface area (Å²) in [7, 11) is 0. The monoisotopic (exact) mass is 338 g/mol. The van der Waals surface area contributed by atoms with Gasteiger partial charge >= 0.3 is 0 Å². The van der Waals surface area contributed by atoms with Gasteiger partial charge in [0.25, 0.3) is 0 Å². The van der Waals surface area contributed by atoms with Crippen molar-refractivity contribution in [1.82, 2.24) is 14.8 Å². The second kappa shape index (κ2) is 8.23. The van der Waals surface area contributed by atoms with E-state index < -0.39 is 0 Å². The summed E-state index contributed by atoms with van der Waals surface area (Å²) in [5, 5.41) is 3.01. The van der Waals surface area contributed by atoms with E-state index in [2.05, 4.69) is 33.1 Å². The number of carbonyl (C=O) groups is 1. The molecule has 0 radical (unpaired) electrons. The van der Waals surface area contributed by atoms with Gasteiger partial charge in [0.1, 0.15) is 0 Å². The summed E-state index contributed by atoms with van der Waals surface area (Å²) in [5.74, 6) is 0.0586. The minimum Gasteiger partial charge on any atom is -0.325 e.